The maximum atomic E-state index is 13.0. The van der Waals surface area contributed by atoms with Crippen LogP contribution in [0.25, 0.3) is 0 Å². The second-order valence-electron chi connectivity index (χ2n) is 10.4. The summed E-state index contributed by atoms with van der Waals surface area (Å²) in [6, 6.07) is 22.5. The van der Waals surface area contributed by atoms with Crippen LogP contribution < -0.4 is 14.8 Å². The summed E-state index contributed by atoms with van der Waals surface area (Å²) in [6.07, 6.45) is 6.93. The predicted molar refractivity (Wildman–Crippen MR) is 147 cm³/mol. The Morgan fingerprint density at radius 1 is 1.00 bits per heavy atom. The maximum Gasteiger partial charge on any atom is 0.251 e. The molecule has 0 atom stereocenters. The van der Waals surface area contributed by atoms with Gasteiger partial charge in [0.25, 0.3) is 5.91 Å². The molecule has 194 valence electrons. The SMILES string of the molecule is COc1ccc(CNC(=O)c2ccc3c(c2)Cc2cccc(c2)CN(CC2CC2)CCCCCO3)cc1. The molecule has 0 spiro atoms. The fourth-order valence-corrected chi connectivity index (χ4v) is 5.04. The summed E-state index contributed by atoms with van der Waals surface area (Å²) < 4.78 is 11.5. The van der Waals surface area contributed by atoms with E-state index in [-0.39, 0.29) is 5.91 Å². The molecule has 1 saturated carbocycles. The van der Waals surface area contributed by atoms with Crippen LogP contribution in [0.15, 0.2) is 66.7 Å². The number of carbonyl (C=O) groups excluding carboxylic acids is 1. The molecule has 0 radical (unpaired) electrons. The molecular formula is C32H38N2O3. The number of hydrogen-bond acceptors (Lipinski definition) is 4. The molecule has 5 rings (SSSR count). The predicted octanol–water partition coefficient (Wildman–Crippen LogP) is 5.99. The van der Waals surface area contributed by atoms with E-state index in [2.05, 4.69) is 34.5 Å². The Bertz CT molecular complexity index is 1190. The highest BCUT2D eigenvalue weighted by molar-refractivity contribution is 5.94. The van der Waals surface area contributed by atoms with Crippen molar-refractivity contribution in [1.29, 1.82) is 0 Å². The molecule has 0 aromatic heterocycles. The van der Waals surface area contributed by atoms with Gasteiger partial charge in [0.05, 0.1) is 13.7 Å². The van der Waals surface area contributed by atoms with Crippen molar-refractivity contribution >= 4 is 5.91 Å². The summed E-state index contributed by atoms with van der Waals surface area (Å²) in [6.45, 7) is 4.57. The largest absolute Gasteiger partial charge is 0.497 e. The third kappa shape index (κ3) is 7.36. The van der Waals surface area contributed by atoms with Gasteiger partial charge in [-0.15, -0.1) is 0 Å². The topological polar surface area (TPSA) is 50.8 Å². The van der Waals surface area contributed by atoms with E-state index in [0.29, 0.717) is 18.7 Å². The van der Waals surface area contributed by atoms with Gasteiger partial charge in [-0.05, 0) is 97.2 Å². The van der Waals surface area contributed by atoms with Crippen molar-refractivity contribution in [1.82, 2.24) is 10.2 Å². The van der Waals surface area contributed by atoms with Crippen molar-refractivity contribution in [3.8, 4) is 11.5 Å². The van der Waals surface area contributed by atoms with Crippen molar-refractivity contribution in [3.05, 3.63) is 94.5 Å². The van der Waals surface area contributed by atoms with E-state index < -0.39 is 0 Å². The minimum atomic E-state index is -0.0810. The van der Waals surface area contributed by atoms with Gasteiger partial charge >= 0.3 is 0 Å². The fourth-order valence-electron chi connectivity index (χ4n) is 5.04. The van der Waals surface area contributed by atoms with Crippen LogP contribution >= 0.6 is 0 Å². The van der Waals surface area contributed by atoms with Gasteiger partial charge in [0.2, 0.25) is 0 Å². The number of amides is 1. The average Bonchev–Trinajstić information content (AvgIpc) is 3.74. The van der Waals surface area contributed by atoms with E-state index in [0.717, 1.165) is 54.5 Å². The first-order valence-corrected chi connectivity index (χ1v) is 13.6. The second kappa shape index (κ2) is 12.3. The summed E-state index contributed by atoms with van der Waals surface area (Å²) in [5, 5.41) is 3.05. The number of benzene rings is 3. The fraction of sp³-hybridized carbons (Fsp3) is 0.406. The number of ether oxygens (including phenoxy) is 2. The third-order valence-corrected chi connectivity index (χ3v) is 7.32. The molecule has 1 heterocycles. The first-order valence-electron chi connectivity index (χ1n) is 13.6. The van der Waals surface area contributed by atoms with Crippen LogP contribution in [0.5, 0.6) is 11.5 Å². The monoisotopic (exact) mass is 498 g/mol. The van der Waals surface area contributed by atoms with E-state index in [1.165, 1.54) is 43.4 Å². The van der Waals surface area contributed by atoms with Gasteiger partial charge in [-0.2, -0.15) is 0 Å². The molecule has 5 nitrogen and oxygen atoms in total. The van der Waals surface area contributed by atoms with Crippen molar-refractivity contribution in [2.24, 2.45) is 5.92 Å². The molecule has 3 aromatic carbocycles. The first kappa shape index (κ1) is 25.3. The lowest BCUT2D eigenvalue weighted by Crippen LogP contribution is -2.27. The number of rotatable bonds is 6. The molecule has 0 unspecified atom stereocenters. The Balaban J connectivity index is 1.32. The molecule has 5 heteroatoms. The highest BCUT2D eigenvalue weighted by Gasteiger charge is 2.24. The maximum absolute atomic E-state index is 13.0. The second-order valence-corrected chi connectivity index (χ2v) is 10.4. The van der Waals surface area contributed by atoms with Gasteiger partial charge in [-0.25, -0.2) is 0 Å². The van der Waals surface area contributed by atoms with Gasteiger partial charge in [0.15, 0.2) is 0 Å². The normalized spacial score (nSPS) is 16.7. The van der Waals surface area contributed by atoms with E-state index in [1.54, 1.807) is 7.11 Å². The average molecular weight is 499 g/mol. The quantitative estimate of drug-likeness (QED) is 0.454. The summed E-state index contributed by atoms with van der Waals surface area (Å²) in [5.74, 6) is 2.50. The standard InChI is InChI=1S/C32H38N2O3/c1-36-30-13-10-24(11-14-30)21-33-32(35)28-12-15-31-29(20-28)19-26-6-5-7-27(18-26)23-34(22-25-8-9-25)16-3-2-4-17-37-31/h5-7,10-15,18,20,25H,2-4,8-9,16-17,19,21-23H2,1H3,(H,33,35). The zero-order valence-electron chi connectivity index (χ0n) is 21.9. The van der Waals surface area contributed by atoms with Gasteiger partial charge < -0.3 is 14.8 Å². The molecule has 2 bridgehead atoms. The number of methoxy groups -OCH3 is 1. The number of fused-ring (bicyclic) bond motifs is 3. The molecule has 2 aliphatic rings. The van der Waals surface area contributed by atoms with Crippen LogP contribution in [0.3, 0.4) is 0 Å². The van der Waals surface area contributed by atoms with Crippen LogP contribution in [0.2, 0.25) is 0 Å². The van der Waals surface area contributed by atoms with Crippen LogP contribution in [0, 0.1) is 5.92 Å². The Hall–Kier alpha value is -3.31. The summed E-state index contributed by atoms with van der Waals surface area (Å²) in [7, 11) is 1.65. The molecule has 1 aliphatic carbocycles. The van der Waals surface area contributed by atoms with Crippen LogP contribution in [-0.4, -0.2) is 37.6 Å². The summed E-state index contributed by atoms with van der Waals surface area (Å²) in [5.41, 5.74) is 5.36. The lowest BCUT2D eigenvalue weighted by molar-refractivity contribution is 0.0950. The van der Waals surface area contributed by atoms with Crippen molar-refractivity contribution in [2.45, 2.75) is 51.6 Å². The van der Waals surface area contributed by atoms with Gasteiger partial charge in [-0.3, -0.25) is 9.69 Å². The molecule has 1 amide bonds. The van der Waals surface area contributed by atoms with Gasteiger partial charge in [0, 0.05) is 31.6 Å². The van der Waals surface area contributed by atoms with Crippen LogP contribution in [-0.2, 0) is 19.5 Å². The zero-order chi connectivity index (χ0) is 25.5. The highest BCUT2D eigenvalue weighted by Crippen LogP contribution is 2.31. The Morgan fingerprint density at radius 2 is 1.84 bits per heavy atom. The molecule has 1 N–H and O–H groups in total. The summed E-state index contributed by atoms with van der Waals surface area (Å²) >= 11 is 0. The molecular weight excluding hydrogens is 460 g/mol. The van der Waals surface area contributed by atoms with E-state index in [9.17, 15) is 4.79 Å². The van der Waals surface area contributed by atoms with E-state index in [4.69, 9.17) is 9.47 Å². The smallest absolute Gasteiger partial charge is 0.251 e. The Labute approximate surface area is 220 Å². The molecule has 0 saturated heterocycles. The summed E-state index contributed by atoms with van der Waals surface area (Å²) in [4.78, 5) is 15.7. The Kier molecular flexibility index (Phi) is 8.42. The van der Waals surface area contributed by atoms with Crippen LogP contribution in [0.4, 0.5) is 0 Å². The molecule has 3 aromatic rings. The van der Waals surface area contributed by atoms with Gasteiger partial charge in [0.1, 0.15) is 11.5 Å². The van der Waals surface area contributed by atoms with Crippen molar-refractivity contribution in [3.63, 3.8) is 0 Å². The van der Waals surface area contributed by atoms with E-state index >= 15 is 0 Å². The van der Waals surface area contributed by atoms with Crippen molar-refractivity contribution < 1.29 is 14.3 Å². The molecule has 1 fully saturated rings. The molecule has 37 heavy (non-hydrogen) atoms. The zero-order valence-corrected chi connectivity index (χ0v) is 21.9. The number of nitrogens with zero attached hydrogens (tertiary/aromatic N) is 1. The third-order valence-electron chi connectivity index (χ3n) is 7.32. The minimum absolute atomic E-state index is 0.0810. The minimum Gasteiger partial charge on any atom is -0.497 e. The number of hydrogen-bond donors (Lipinski definition) is 1. The van der Waals surface area contributed by atoms with Crippen molar-refractivity contribution in [2.75, 3.05) is 26.8 Å². The van der Waals surface area contributed by atoms with Crippen LogP contribution in [0.1, 0.15) is 64.7 Å². The number of nitrogens with one attached hydrogen (secondary N) is 1. The first-order chi connectivity index (χ1) is 18.2. The lowest BCUT2D eigenvalue weighted by atomic mass is 9.99. The lowest BCUT2D eigenvalue weighted by Gasteiger charge is -2.23. The van der Waals surface area contributed by atoms with Gasteiger partial charge in [-0.1, -0.05) is 36.4 Å². The van der Waals surface area contributed by atoms with E-state index in [1.807, 2.05) is 42.5 Å². The molecule has 1 aliphatic heterocycles. The number of carbonyl (C=O) groups is 1. The Morgan fingerprint density at radius 3 is 2.65 bits per heavy atom. The highest BCUT2D eigenvalue weighted by atomic mass is 16.5.